The SMILES string of the molecule is Cn1ccsc1=O. The predicted octanol–water partition coefficient (Wildman–Crippen LogP) is 0.447. The van der Waals surface area contributed by atoms with Crippen LogP contribution in [0, 0.1) is 0 Å². The molecule has 0 fully saturated rings. The van der Waals surface area contributed by atoms with Gasteiger partial charge in [-0.1, -0.05) is 11.3 Å². The molecule has 0 N–H and O–H groups in total. The highest BCUT2D eigenvalue weighted by Crippen LogP contribution is 1.82. The Balaban J connectivity index is 3.39. The minimum absolute atomic E-state index is 0.0972. The summed E-state index contributed by atoms with van der Waals surface area (Å²) in [6.07, 6.45) is 1.74. The third-order valence-corrected chi connectivity index (χ3v) is 1.49. The first kappa shape index (κ1) is 4.59. The average molecular weight is 115 g/mol. The van der Waals surface area contributed by atoms with Gasteiger partial charge in [-0.3, -0.25) is 4.79 Å². The fraction of sp³-hybridized carbons (Fsp3) is 0.250. The van der Waals surface area contributed by atoms with Crippen LogP contribution in [0.25, 0.3) is 0 Å². The smallest absolute Gasteiger partial charge is 0.306 e. The van der Waals surface area contributed by atoms with E-state index in [1.165, 1.54) is 11.3 Å². The number of hydrogen-bond donors (Lipinski definition) is 0. The predicted molar refractivity (Wildman–Crippen MR) is 29.6 cm³/mol. The summed E-state index contributed by atoms with van der Waals surface area (Å²) in [5.41, 5.74) is 0. The van der Waals surface area contributed by atoms with Gasteiger partial charge in [0.15, 0.2) is 0 Å². The summed E-state index contributed by atoms with van der Waals surface area (Å²) in [5, 5.41) is 1.77. The summed E-state index contributed by atoms with van der Waals surface area (Å²) in [7, 11) is 1.73. The largest absolute Gasteiger partial charge is 0.309 e. The highest BCUT2D eigenvalue weighted by atomic mass is 32.1. The van der Waals surface area contributed by atoms with Crippen molar-refractivity contribution in [1.82, 2.24) is 4.57 Å². The van der Waals surface area contributed by atoms with Crippen molar-refractivity contribution in [2.45, 2.75) is 0 Å². The number of hydrogen-bond acceptors (Lipinski definition) is 2. The molecule has 38 valence electrons. The van der Waals surface area contributed by atoms with Crippen molar-refractivity contribution >= 4 is 11.3 Å². The topological polar surface area (TPSA) is 22.0 Å². The van der Waals surface area contributed by atoms with Gasteiger partial charge in [-0.25, -0.2) is 0 Å². The van der Waals surface area contributed by atoms with E-state index in [1.54, 1.807) is 23.2 Å². The Hall–Kier alpha value is -0.570. The molecule has 0 aromatic carbocycles. The molecule has 0 aliphatic rings. The molecule has 0 aliphatic heterocycles. The molecule has 7 heavy (non-hydrogen) atoms. The number of aromatic nitrogens is 1. The summed E-state index contributed by atoms with van der Waals surface area (Å²) in [6.45, 7) is 0. The quantitative estimate of drug-likeness (QED) is 0.481. The first-order chi connectivity index (χ1) is 3.30. The Kier molecular flexibility index (Phi) is 0.982. The third kappa shape index (κ3) is 0.718. The zero-order valence-electron chi connectivity index (χ0n) is 3.92. The van der Waals surface area contributed by atoms with E-state index in [1.807, 2.05) is 0 Å². The van der Waals surface area contributed by atoms with E-state index in [0.717, 1.165) is 0 Å². The molecular formula is C4H5NOS. The monoisotopic (exact) mass is 115 g/mol. The summed E-state index contributed by atoms with van der Waals surface area (Å²) in [4.78, 5) is 10.5. The van der Waals surface area contributed by atoms with Gasteiger partial charge in [-0.2, -0.15) is 0 Å². The molecule has 0 atom stereocenters. The van der Waals surface area contributed by atoms with Crippen LogP contribution >= 0.6 is 11.3 Å². The van der Waals surface area contributed by atoms with Gasteiger partial charge < -0.3 is 4.57 Å². The number of thiazole rings is 1. The van der Waals surface area contributed by atoms with Gasteiger partial charge in [0.25, 0.3) is 0 Å². The molecule has 0 unspecified atom stereocenters. The molecule has 2 nitrogen and oxygen atoms in total. The van der Waals surface area contributed by atoms with Crippen molar-refractivity contribution in [3.63, 3.8) is 0 Å². The normalized spacial score (nSPS) is 9.29. The standard InChI is InChI=1S/C4H5NOS/c1-5-2-3-7-4(5)6/h2-3H,1H3. The number of nitrogens with zero attached hydrogens (tertiary/aromatic N) is 1. The Morgan fingerprint density at radius 1 is 1.86 bits per heavy atom. The van der Waals surface area contributed by atoms with Gasteiger partial charge in [-0.05, 0) is 0 Å². The molecule has 0 bridgehead atoms. The van der Waals surface area contributed by atoms with Crippen molar-refractivity contribution in [2.24, 2.45) is 7.05 Å². The van der Waals surface area contributed by atoms with E-state index < -0.39 is 0 Å². The van der Waals surface area contributed by atoms with Crippen LogP contribution in [0.3, 0.4) is 0 Å². The minimum Gasteiger partial charge on any atom is -0.309 e. The van der Waals surface area contributed by atoms with E-state index in [2.05, 4.69) is 0 Å². The summed E-state index contributed by atoms with van der Waals surface area (Å²) < 4.78 is 1.55. The van der Waals surface area contributed by atoms with Crippen molar-refractivity contribution in [3.8, 4) is 0 Å². The highest BCUT2D eigenvalue weighted by Gasteiger charge is 1.82. The lowest BCUT2D eigenvalue weighted by molar-refractivity contribution is 0.897. The van der Waals surface area contributed by atoms with Gasteiger partial charge in [0.2, 0.25) is 0 Å². The Morgan fingerprint density at radius 2 is 2.57 bits per heavy atom. The fourth-order valence-corrected chi connectivity index (χ4v) is 0.911. The Morgan fingerprint density at radius 3 is 2.71 bits per heavy atom. The number of rotatable bonds is 0. The zero-order valence-corrected chi connectivity index (χ0v) is 4.73. The third-order valence-electron chi connectivity index (χ3n) is 0.741. The fourth-order valence-electron chi connectivity index (χ4n) is 0.324. The average Bonchev–Trinajstić information content (AvgIpc) is 1.91. The summed E-state index contributed by atoms with van der Waals surface area (Å²) >= 11 is 1.21. The van der Waals surface area contributed by atoms with E-state index >= 15 is 0 Å². The lowest BCUT2D eigenvalue weighted by Crippen LogP contribution is -2.04. The molecule has 1 rings (SSSR count). The summed E-state index contributed by atoms with van der Waals surface area (Å²) in [6, 6.07) is 0. The van der Waals surface area contributed by atoms with E-state index in [-0.39, 0.29) is 4.87 Å². The zero-order chi connectivity index (χ0) is 5.28. The van der Waals surface area contributed by atoms with Crippen molar-refractivity contribution in [2.75, 3.05) is 0 Å². The van der Waals surface area contributed by atoms with Gasteiger partial charge in [-0.15, -0.1) is 0 Å². The van der Waals surface area contributed by atoms with Crippen LogP contribution in [0.1, 0.15) is 0 Å². The molecule has 0 radical (unpaired) electrons. The summed E-state index contributed by atoms with van der Waals surface area (Å²) in [5.74, 6) is 0. The first-order valence-electron chi connectivity index (χ1n) is 1.91. The van der Waals surface area contributed by atoms with Crippen LogP contribution in [-0.2, 0) is 7.05 Å². The van der Waals surface area contributed by atoms with Crippen LogP contribution in [0.15, 0.2) is 16.4 Å². The van der Waals surface area contributed by atoms with Crippen LogP contribution < -0.4 is 4.87 Å². The molecule has 0 amide bonds. The van der Waals surface area contributed by atoms with Crippen molar-refractivity contribution in [1.29, 1.82) is 0 Å². The molecular weight excluding hydrogens is 110 g/mol. The highest BCUT2D eigenvalue weighted by molar-refractivity contribution is 7.07. The molecule has 1 aromatic heterocycles. The molecule has 0 aliphatic carbocycles. The van der Waals surface area contributed by atoms with Gasteiger partial charge in [0.1, 0.15) is 0 Å². The molecule has 1 heterocycles. The second-order valence-electron chi connectivity index (χ2n) is 1.28. The Labute approximate surface area is 45.0 Å². The lowest BCUT2D eigenvalue weighted by Gasteiger charge is -1.76. The van der Waals surface area contributed by atoms with E-state index in [9.17, 15) is 4.79 Å². The van der Waals surface area contributed by atoms with Crippen LogP contribution in [0.2, 0.25) is 0 Å². The maximum absolute atomic E-state index is 10.4. The Bertz CT molecular complexity index is 199. The van der Waals surface area contributed by atoms with Crippen LogP contribution in [0.5, 0.6) is 0 Å². The number of aryl methyl sites for hydroxylation is 1. The van der Waals surface area contributed by atoms with Crippen LogP contribution in [-0.4, -0.2) is 4.57 Å². The van der Waals surface area contributed by atoms with E-state index in [4.69, 9.17) is 0 Å². The lowest BCUT2D eigenvalue weighted by atomic mass is 10.9. The van der Waals surface area contributed by atoms with Crippen molar-refractivity contribution in [3.05, 3.63) is 21.2 Å². The first-order valence-corrected chi connectivity index (χ1v) is 2.79. The second kappa shape index (κ2) is 1.50. The second-order valence-corrected chi connectivity index (χ2v) is 2.14. The molecule has 0 spiro atoms. The molecule has 1 aromatic rings. The van der Waals surface area contributed by atoms with Crippen molar-refractivity contribution < 1.29 is 0 Å². The molecule has 3 heteroatoms. The minimum atomic E-state index is 0.0972. The maximum Gasteiger partial charge on any atom is 0.306 e. The van der Waals surface area contributed by atoms with Gasteiger partial charge >= 0.3 is 4.87 Å². The van der Waals surface area contributed by atoms with Gasteiger partial charge in [0.05, 0.1) is 0 Å². The maximum atomic E-state index is 10.4. The van der Waals surface area contributed by atoms with Gasteiger partial charge in [0, 0.05) is 18.6 Å². The van der Waals surface area contributed by atoms with Crippen LogP contribution in [0.4, 0.5) is 0 Å². The molecule has 0 saturated heterocycles. The van der Waals surface area contributed by atoms with E-state index in [0.29, 0.717) is 0 Å². The molecule has 0 saturated carbocycles.